The van der Waals surface area contributed by atoms with Crippen molar-refractivity contribution in [1.82, 2.24) is 10.6 Å². The molecule has 1 saturated heterocycles. The fraction of sp³-hybridized carbons (Fsp3) is 0.286. The van der Waals surface area contributed by atoms with Crippen molar-refractivity contribution in [1.29, 1.82) is 0 Å². The molecule has 3 atom stereocenters. The molecule has 0 aliphatic carbocycles. The standard InChI is InChI=1S/C28H30N2O5S/c1-19(17-34-24-11-7-20(8-12-24)15-26-27(32)30-28(33)36-26)29-16-23(31)18-35-25-13-9-22(10-14-25)21-5-3-2-4-6-21/h2-14,19,23,26,29,31H,15-18H2,1H3,(H,30,32,33). The summed E-state index contributed by atoms with van der Waals surface area (Å²) >= 11 is 1.03. The lowest BCUT2D eigenvalue weighted by molar-refractivity contribution is -0.118. The summed E-state index contributed by atoms with van der Waals surface area (Å²) in [6.45, 7) is 2.99. The number of aliphatic hydroxyl groups is 1. The Morgan fingerprint density at radius 1 is 0.889 bits per heavy atom. The van der Waals surface area contributed by atoms with Gasteiger partial charge in [-0.3, -0.25) is 14.9 Å². The smallest absolute Gasteiger partial charge is 0.286 e. The lowest BCUT2D eigenvalue weighted by Gasteiger charge is -2.18. The normalized spacial score (nSPS) is 16.9. The van der Waals surface area contributed by atoms with E-state index in [4.69, 9.17) is 9.47 Å². The monoisotopic (exact) mass is 506 g/mol. The first kappa shape index (κ1) is 25.8. The number of thioether (sulfide) groups is 1. The Morgan fingerprint density at radius 3 is 2.14 bits per heavy atom. The summed E-state index contributed by atoms with van der Waals surface area (Å²) in [5.41, 5.74) is 3.23. The van der Waals surface area contributed by atoms with Gasteiger partial charge in [-0.15, -0.1) is 0 Å². The van der Waals surface area contributed by atoms with Gasteiger partial charge in [0.2, 0.25) is 5.91 Å². The first-order chi connectivity index (χ1) is 17.5. The van der Waals surface area contributed by atoms with E-state index in [1.165, 1.54) is 0 Å². The van der Waals surface area contributed by atoms with E-state index >= 15 is 0 Å². The van der Waals surface area contributed by atoms with Crippen LogP contribution in [-0.2, 0) is 11.2 Å². The molecule has 1 heterocycles. The molecule has 36 heavy (non-hydrogen) atoms. The second-order valence-corrected chi connectivity index (χ2v) is 9.88. The predicted octanol–water partition coefficient (Wildman–Crippen LogP) is 4.04. The Bertz CT molecular complexity index is 1140. The van der Waals surface area contributed by atoms with Crippen molar-refractivity contribution in [2.24, 2.45) is 0 Å². The Kier molecular flexibility index (Phi) is 9.00. The van der Waals surface area contributed by atoms with E-state index in [1.807, 2.05) is 73.7 Å². The van der Waals surface area contributed by atoms with E-state index in [-0.39, 0.29) is 29.0 Å². The molecule has 0 bridgehead atoms. The number of imide groups is 1. The Balaban J connectivity index is 1.13. The summed E-state index contributed by atoms with van der Waals surface area (Å²) in [6.07, 6.45) is -0.157. The molecule has 0 spiro atoms. The van der Waals surface area contributed by atoms with E-state index < -0.39 is 6.10 Å². The predicted molar refractivity (Wildman–Crippen MR) is 141 cm³/mol. The molecule has 4 rings (SSSR count). The van der Waals surface area contributed by atoms with Crippen LogP contribution in [-0.4, -0.2) is 53.4 Å². The van der Waals surface area contributed by atoms with Gasteiger partial charge >= 0.3 is 0 Å². The number of hydrogen-bond acceptors (Lipinski definition) is 7. The maximum Gasteiger partial charge on any atom is 0.286 e. The fourth-order valence-electron chi connectivity index (χ4n) is 3.71. The first-order valence-corrected chi connectivity index (χ1v) is 12.8. The number of hydrogen-bond donors (Lipinski definition) is 3. The fourth-order valence-corrected chi connectivity index (χ4v) is 4.57. The van der Waals surface area contributed by atoms with E-state index in [2.05, 4.69) is 22.8 Å². The summed E-state index contributed by atoms with van der Waals surface area (Å²) < 4.78 is 11.6. The van der Waals surface area contributed by atoms with Crippen LogP contribution in [0.1, 0.15) is 12.5 Å². The maximum absolute atomic E-state index is 11.7. The highest BCUT2D eigenvalue weighted by Crippen LogP contribution is 2.24. The Morgan fingerprint density at radius 2 is 1.50 bits per heavy atom. The third kappa shape index (κ3) is 7.58. The molecule has 3 aromatic rings. The van der Waals surface area contributed by atoms with Crippen LogP contribution in [0.5, 0.6) is 11.5 Å². The number of carbonyl (C=O) groups excluding carboxylic acids is 2. The van der Waals surface area contributed by atoms with Crippen LogP contribution >= 0.6 is 11.8 Å². The summed E-state index contributed by atoms with van der Waals surface area (Å²) in [5, 5.41) is 15.2. The van der Waals surface area contributed by atoms with Crippen molar-refractivity contribution < 1.29 is 24.2 Å². The van der Waals surface area contributed by atoms with Crippen LogP contribution in [0.25, 0.3) is 11.1 Å². The van der Waals surface area contributed by atoms with Crippen molar-refractivity contribution in [3.05, 3.63) is 84.4 Å². The minimum absolute atomic E-state index is 0.0223. The van der Waals surface area contributed by atoms with Crippen LogP contribution in [0.4, 0.5) is 4.79 Å². The molecule has 0 aromatic heterocycles. The minimum atomic E-state index is -0.655. The van der Waals surface area contributed by atoms with Crippen LogP contribution in [0.15, 0.2) is 78.9 Å². The summed E-state index contributed by atoms with van der Waals surface area (Å²) in [5.74, 6) is 1.20. The lowest BCUT2D eigenvalue weighted by Crippen LogP contribution is -2.39. The van der Waals surface area contributed by atoms with E-state index in [0.717, 1.165) is 34.2 Å². The second kappa shape index (κ2) is 12.6. The number of benzene rings is 3. The molecule has 188 valence electrons. The van der Waals surface area contributed by atoms with E-state index in [1.54, 1.807) is 0 Å². The highest BCUT2D eigenvalue weighted by atomic mass is 32.2. The number of carbonyl (C=O) groups is 2. The van der Waals surface area contributed by atoms with Crippen molar-refractivity contribution in [3.63, 3.8) is 0 Å². The summed E-state index contributed by atoms with van der Waals surface area (Å²) in [4.78, 5) is 23.0. The van der Waals surface area contributed by atoms with Gasteiger partial charge in [-0.25, -0.2) is 0 Å². The number of nitrogens with one attached hydrogen (secondary N) is 2. The largest absolute Gasteiger partial charge is 0.492 e. The average molecular weight is 507 g/mol. The van der Waals surface area contributed by atoms with E-state index in [0.29, 0.717) is 25.3 Å². The molecule has 3 N–H and O–H groups in total. The molecule has 2 amide bonds. The molecule has 1 aliphatic rings. The molecular weight excluding hydrogens is 476 g/mol. The Hall–Kier alpha value is -3.33. The van der Waals surface area contributed by atoms with Gasteiger partial charge in [-0.2, -0.15) is 0 Å². The SMILES string of the molecule is CC(COc1ccc(CC2SC(=O)NC2=O)cc1)NCC(O)COc1ccc(-c2ccccc2)cc1. The van der Waals surface area contributed by atoms with Gasteiger partial charge in [0.05, 0.1) is 5.25 Å². The van der Waals surface area contributed by atoms with Crippen molar-refractivity contribution in [2.45, 2.75) is 30.7 Å². The maximum atomic E-state index is 11.7. The molecule has 7 nitrogen and oxygen atoms in total. The van der Waals surface area contributed by atoms with Gasteiger partial charge in [0.15, 0.2) is 0 Å². The highest BCUT2D eigenvalue weighted by Gasteiger charge is 2.31. The van der Waals surface area contributed by atoms with Gasteiger partial charge in [0.25, 0.3) is 5.24 Å². The lowest BCUT2D eigenvalue weighted by atomic mass is 10.1. The van der Waals surface area contributed by atoms with Gasteiger partial charge in [0, 0.05) is 12.6 Å². The molecule has 0 saturated carbocycles. The van der Waals surface area contributed by atoms with Gasteiger partial charge in [-0.1, -0.05) is 66.4 Å². The second-order valence-electron chi connectivity index (χ2n) is 8.71. The number of aliphatic hydroxyl groups excluding tert-OH is 1. The van der Waals surface area contributed by atoms with Crippen LogP contribution in [0.3, 0.4) is 0 Å². The molecule has 3 unspecified atom stereocenters. The van der Waals surface area contributed by atoms with Crippen LogP contribution in [0.2, 0.25) is 0 Å². The molecule has 0 radical (unpaired) electrons. The zero-order chi connectivity index (χ0) is 25.3. The van der Waals surface area contributed by atoms with Crippen LogP contribution in [0, 0.1) is 0 Å². The van der Waals surface area contributed by atoms with Crippen molar-refractivity contribution >= 4 is 22.9 Å². The Labute approximate surface area is 215 Å². The summed E-state index contributed by atoms with van der Waals surface area (Å²) in [6, 6.07) is 25.5. The van der Waals surface area contributed by atoms with Gasteiger partial charge in [0.1, 0.15) is 30.8 Å². The highest BCUT2D eigenvalue weighted by molar-refractivity contribution is 8.15. The number of ether oxygens (including phenoxy) is 2. The summed E-state index contributed by atoms with van der Waals surface area (Å²) in [7, 11) is 0. The van der Waals surface area contributed by atoms with Crippen molar-refractivity contribution in [2.75, 3.05) is 19.8 Å². The third-order valence-corrected chi connectivity index (χ3v) is 6.70. The molecule has 1 aliphatic heterocycles. The van der Waals surface area contributed by atoms with Crippen LogP contribution < -0.4 is 20.1 Å². The van der Waals surface area contributed by atoms with Crippen molar-refractivity contribution in [3.8, 4) is 22.6 Å². The molecule has 8 heteroatoms. The molecule has 1 fully saturated rings. The average Bonchev–Trinajstić information content (AvgIpc) is 3.22. The van der Waals surface area contributed by atoms with Gasteiger partial charge < -0.3 is 19.9 Å². The zero-order valence-corrected chi connectivity index (χ0v) is 20.9. The quantitative estimate of drug-likeness (QED) is 0.341. The zero-order valence-electron chi connectivity index (χ0n) is 20.1. The number of amides is 2. The third-order valence-electron chi connectivity index (χ3n) is 5.72. The first-order valence-electron chi connectivity index (χ1n) is 11.9. The minimum Gasteiger partial charge on any atom is -0.492 e. The van der Waals surface area contributed by atoms with Gasteiger partial charge in [-0.05, 0) is 54.3 Å². The topological polar surface area (TPSA) is 96.9 Å². The number of rotatable bonds is 12. The van der Waals surface area contributed by atoms with E-state index in [9.17, 15) is 14.7 Å². The molecular formula is C28H30N2O5S. The molecule has 3 aromatic carbocycles.